The zero-order chi connectivity index (χ0) is 18.8. The van der Waals surface area contributed by atoms with E-state index >= 15 is 0 Å². The summed E-state index contributed by atoms with van der Waals surface area (Å²) in [6.45, 7) is 6.53. The number of fused-ring (bicyclic) bond motifs is 1. The molecule has 2 aromatic rings. The average molecular weight is 378 g/mol. The first-order valence-corrected chi connectivity index (χ1v) is 9.75. The fourth-order valence-corrected chi connectivity index (χ4v) is 4.13. The molecule has 0 saturated carbocycles. The number of hydrogen-bond donors (Lipinski definition) is 1. The van der Waals surface area contributed by atoms with Gasteiger partial charge in [-0.3, -0.25) is 9.48 Å². The first-order valence-electron chi connectivity index (χ1n) is 8.93. The number of aliphatic hydroxyl groups excluding tert-OH is 1. The molecule has 0 fully saturated rings. The Morgan fingerprint density at radius 3 is 2.81 bits per heavy atom. The molecule has 0 bridgehead atoms. The molecule has 1 aliphatic heterocycles. The minimum absolute atomic E-state index is 0.100. The van der Waals surface area contributed by atoms with Crippen LogP contribution in [0.5, 0.6) is 0 Å². The van der Waals surface area contributed by atoms with E-state index in [1.54, 1.807) is 11.3 Å². The molecule has 0 aromatic carbocycles. The van der Waals surface area contributed by atoms with Gasteiger partial charge in [0.25, 0.3) is 0 Å². The number of aryl methyl sites for hydroxylation is 3. The van der Waals surface area contributed by atoms with Crippen LogP contribution in [0.1, 0.15) is 39.5 Å². The number of aliphatic hydroxyl groups is 1. The van der Waals surface area contributed by atoms with Crippen molar-refractivity contribution in [2.24, 2.45) is 0 Å². The molecule has 1 N–H and O–H groups in total. The highest BCUT2D eigenvalue weighted by Crippen LogP contribution is 2.21. The third kappa shape index (κ3) is 4.31. The quantitative estimate of drug-likeness (QED) is 0.855. The van der Waals surface area contributed by atoms with Crippen molar-refractivity contribution in [1.82, 2.24) is 24.6 Å². The lowest BCUT2D eigenvalue weighted by atomic mass is 10.2. The third-order valence-corrected chi connectivity index (χ3v) is 5.51. The Balaban J connectivity index is 1.71. The van der Waals surface area contributed by atoms with Crippen molar-refractivity contribution in [3.05, 3.63) is 33.0 Å². The predicted octanol–water partition coefficient (Wildman–Crippen LogP) is 1.53. The summed E-state index contributed by atoms with van der Waals surface area (Å²) >= 11 is 1.63. The Labute approximate surface area is 158 Å². The maximum absolute atomic E-state index is 12.8. The SMILES string of the molecule is Cc1nc(CC(=O)N2CCCn3nc([C@@H](O)CN(C)C)cc3C2)c(C)s1. The summed E-state index contributed by atoms with van der Waals surface area (Å²) in [4.78, 5) is 22.2. The van der Waals surface area contributed by atoms with Crippen molar-refractivity contribution < 1.29 is 9.90 Å². The van der Waals surface area contributed by atoms with E-state index in [4.69, 9.17) is 0 Å². The van der Waals surface area contributed by atoms with Gasteiger partial charge in [-0.25, -0.2) is 4.98 Å². The van der Waals surface area contributed by atoms with Crippen LogP contribution in [0.3, 0.4) is 0 Å². The van der Waals surface area contributed by atoms with Crippen molar-refractivity contribution in [1.29, 1.82) is 0 Å². The van der Waals surface area contributed by atoms with Crippen LogP contribution in [0.2, 0.25) is 0 Å². The minimum Gasteiger partial charge on any atom is -0.385 e. The Kier molecular flexibility index (Phi) is 5.74. The second-order valence-electron chi connectivity index (χ2n) is 7.14. The highest BCUT2D eigenvalue weighted by molar-refractivity contribution is 7.11. The number of thiazole rings is 1. The number of rotatable bonds is 5. The summed E-state index contributed by atoms with van der Waals surface area (Å²) in [5.41, 5.74) is 2.54. The molecular weight excluding hydrogens is 350 g/mol. The van der Waals surface area contributed by atoms with Crippen molar-refractivity contribution in [2.45, 2.75) is 45.9 Å². The first-order chi connectivity index (χ1) is 12.3. The molecule has 3 heterocycles. The van der Waals surface area contributed by atoms with Crippen molar-refractivity contribution >= 4 is 17.2 Å². The van der Waals surface area contributed by atoms with Gasteiger partial charge in [-0.1, -0.05) is 0 Å². The van der Waals surface area contributed by atoms with Gasteiger partial charge in [0.2, 0.25) is 5.91 Å². The molecule has 0 saturated heterocycles. The molecule has 3 rings (SSSR count). The number of nitrogens with zero attached hydrogens (tertiary/aromatic N) is 5. The number of aromatic nitrogens is 3. The maximum Gasteiger partial charge on any atom is 0.228 e. The van der Waals surface area contributed by atoms with Gasteiger partial charge < -0.3 is 14.9 Å². The zero-order valence-corrected chi connectivity index (χ0v) is 16.7. The van der Waals surface area contributed by atoms with E-state index in [1.165, 1.54) is 0 Å². The zero-order valence-electron chi connectivity index (χ0n) is 15.9. The highest BCUT2D eigenvalue weighted by atomic mass is 32.1. The summed E-state index contributed by atoms with van der Waals surface area (Å²) in [5.74, 6) is 0.100. The van der Waals surface area contributed by atoms with Gasteiger partial charge in [0.15, 0.2) is 0 Å². The summed E-state index contributed by atoms with van der Waals surface area (Å²) in [5, 5.41) is 15.9. The van der Waals surface area contributed by atoms with Gasteiger partial charge in [0.1, 0.15) is 6.10 Å². The normalized spacial score (nSPS) is 15.8. The molecule has 1 amide bonds. The lowest BCUT2D eigenvalue weighted by Gasteiger charge is -2.19. The molecule has 26 heavy (non-hydrogen) atoms. The molecule has 0 unspecified atom stereocenters. The molecule has 0 aliphatic carbocycles. The number of likely N-dealkylation sites (N-methyl/N-ethyl adjacent to an activating group) is 1. The van der Waals surface area contributed by atoms with Gasteiger partial charge in [-0.15, -0.1) is 11.3 Å². The summed E-state index contributed by atoms with van der Waals surface area (Å²) in [6.07, 6.45) is 0.591. The number of carbonyl (C=O) groups excluding carboxylic acids is 1. The van der Waals surface area contributed by atoms with Crippen LogP contribution in [0.15, 0.2) is 6.07 Å². The Hall–Kier alpha value is -1.77. The van der Waals surface area contributed by atoms with Crippen molar-refractivity contribution in [3.8, 4) is 0 Å². The van der Waals surface area contributed by atoms with Gasteiger partial charge in [0, 0.05) is 24.5 Å². The van der Waals surface area contributed by atoms with E-state index in [2.05, 4.69) is 10.1 Å². The second-order valence-corrected chi connectivity index (χ2v) is 8.55. The largest absolute Gasteiger partial charge is 0.385 e. The van der Waals surface area contributed by atoms with E-state index in [-0.39, 0.29) is 5.91 Å². The lowest BCUT2D eigenvalue weighted by Crippen LogP contribution is -2.32. The van der Waals surface area contributed by atoms with E-state index in [0.717, 1.165) is 40.8 Å². The summed E-state index contributed by atoms with van der Waals surface area (Å²) < 4.78 is 1.93. The summed E-state index contributed by atoms with van der Waals surface area (Å²) in [7, 11) is 3.85. The Morgan fingerprint density at radius 1 is 1.38 bits per heavy atom. The monoisotopic (exact) mass is 377 g/mol. The molecule has 2 aromatic heterocycles. The molecule has 8 heteroatoms. The van der Waals surface area contributed by atoms with Crippen molar-refractivity contribution in [2.75, 3.05) is 27.2 Å². The van der Waals surface area contributed by atoms with Crippen LogP contribution in [-0.2, 0) is 24.3 Å². The minimum atomic E-state index is -0.616. The van der Waals surface area contributed by atoms with E-state index < -0.39 is 6.10 Å². The lowest BCUT2D eigenvalue weighted by molar-refractivity contribution is -0.131. The first kappa shape index (κ1) is 19.0. The van der Waals surface area contributed by atoms with Crippen LogP contribution in [0.25, 0.3) is 0 Å². The Morgan fingerprint density at radius 2 is 2.15 bits per heavy atom. The van der Waals surface area contributed by atoms with Crippen LogP contribution in [-0.4, -0.2) is 62.8 Å². The topological polar surface area (TPSA) is 74.5 Å². The fraction of sp³-hybridized carbons (Fsp3) is 0.611. The van der Waals surface area contributed by atoms with E-state index in [1.807, 2.05) is 48.5 Å². The van der Waals surface area contributed by atoms with Crippen molar-refractivity contribution in [3.63, 3.8) is 0 Å². The highest BCUT2D eigenvalue weighted by Gasteiger charge is 2.23. The number of amides is 1. The standard InChI is InChI=1S/C18H27N5O2S/c1-12-15(19-13(2)26-12)9-18(25)22-6-5-7-23-14(10-22)8-16(20-23)17(24)11-21(3)4/h8,17,24H,5-7,9-11H2,1-4H3/t17-/m0/s1. The van der Waals surface area contributed by atoms with Crippen LogP contribution >= 0.6 is 11.3 Å². The molecule has 142 valence electrons. The fourth-order valence-electron chi connectivity index (χ4n) is 3.29. The maximum atomic E-state index is 12.8. The van der Waals surface area contributed by atoms with Crippen LogP contribution in [0, 0.1) is 13.8 Å². The van der Waals surface area contributed by atoms with Crippen LogP contribution in [0.4, 0.5) is 0 Å². The van der Waals surface area contributed by atoms with Gasteiger partial charge >= 0.3 is 0 Å². The van der Waals surface area contributed by atoms with Gasteiger partial charge in [-0.05, 0) is 40.4 Å². The Bertz CT molecular complexity index is 783. The predicted molar refractivity (Wildman–Crippen MR) is 101 cm³/mol. The number of carbonyl (C=O) groups is 1. The van der Waals surface area contributed by atoms with Gasteiger partial charge in [0.05, 0.1) is 35.1 Å². The van der Waals surface area contributed by atoms with E-state index in [0.29, 0.717) is 25.2 Å². The molecule has 0 spiro atoms. The van der Waals surface area contributed by atoms with Gasteiger partial charge in [-0.2, -0.15) is 5.10 Å². The molecular formula is C18H27N5O2S. The third-order valence-electron chi connectivity index (χ3n) is 4.58. The second kappa shape index (κ2) is 7.85. The number of hydrogen-bond acceptors (Lipinski definition) is 6. The molecule has 1 atom stereocenters. The molecule has 1 aliphatic rings. The molecule has 0 radical (unpaired) electrons. The average Bonchev–Trinajstić information content (AvgIpc) is 3.02. The smallest absolute Gasteiger partial charge is 0.228 e. The molecule has 7 nitrogen and oxygen atoms in total. The van der Waals surface area contributed by atoms with Crippen LogP contribution < -0.4 is 0 Å². The van der Waals surface area contributed by atoms with E-state index in [9.17, 15) is 9.90 Å². The summed E-state index contributed by atoms with van der Waals surface area (Å²) in [6, 6.07) is 1.93.